The molecule has 2 aromatic heterocycles. The highest BCUT2D eigenvalue weighted by atomic mass is 16.3. The van der Waals surface area contributed by atoms with E-state index in [0.29, 0.717) is 0 Å². The van der Waals surface area contributed by atoms with E-state index in [2.05, 4.69) is 168 Å². The predicted molar refractivity (Wildman–Crippen MR) is 192 cm³/mol. The Morgan fingerprint density at radius 1 is 0.435 bits per heavy atom. The molecule has 0 saturated heterocycles. The third-order valence-electron chi connectivity index (χ3n) is 8.90. The van der Waals surface area contributed by atoms with Crippen LogP contribution in [0.1, 0.15) is 0 Å². The quantitative estimate of drug-likeness (QED) is 0.200. The molecule has 7 aromatic carbocycles. The Labute approximate surface area is 266 Å². The minimum absolute atomic E-state index is 0.844. The number of rotatable bonds is 5. The van der Waals surface area contributed by atoms with Crippen LogP contribution in [0.25, 0.3) is 65.9 Å². The molecule has 0 aliphatic heterocycles. The van der Waals surface area contributed by atoms with Gasteiger partial charge in [-0.3, -0.25) is 4.98 Å². The van der Waals surface area contributed by atoms with Crippen molar-refractivity contribution in [3.63, 3.8) is 0 Å². The molecule has 216 valence electrons. The molecular weight excluding hydrogens is 560 g/mol. The molecule has 0 unspecified atom stereocenters. The molecule has 3 heteroatoms. The first kappa shape index (κ1) is 26.2. The van der Waals surface area contributed by atoms with Gasteiger partial charge in [0.05, 0.1) is 11.2 Å². The number of nitrogens with zero attached hydrogens (tertiary/aromatic N) is 2. The van der Waals surface area contributed by atoms with Gasteiger partial charge in [0.25, 0.3) is 0 Å². The Kier molecular flexibility index (Phi) is 6.14. The molecular formula is C43H28N2O. The van der Waals surface area contributed by atoms with Crippen LogP contribution >= 0.6 is 0 Å². The van der Waals surface area contributed by atoms with E-state index in [4.69, 9.17) is 4.42 Å². The van der Waals surface area contributed by atoms with Gasteiger partial charge in [0.15, 0.2) is 0 Å². The Morgan fingerprint density at radius 3 is 2.04 bits per heavy atom. The van der Waals surface area contributed by atoms with Gasteiger partial charge in [-0.15, -0.1) is 0 Å². The fraction of sp³-hybridized carbons (Fsp3) is 0. The summed E-state index contributed by atoms with van der Waals surface area (Å²) in [6.07, 6.45) is 1.84. The summed E-state index contributed by atoms with van der Waals surface area (Å²) in [7, 11) is 0. The molecule has 3 nitrogen and oxygen atoms in total. The lowest BCUT2D eigenvalue weighted by molar-refractivity contribution is 0.669. The molecule has 9 aromatic rings. The maximum Gasteiger partial charge on any atom is 0.137 e. The number of hydrogen-bond donors (Lipinski definition) is 0. The highest BCUT2D eigenvalue weighted by Crippen LogP contribution is 2.44. The maximum absolute atomic E-state index is 6.52. The summed E-state index contributed by atoms with van der Waals surface area (Å²) in [5.41, 5.74) is 10.6. The van der Waals surface area contributed by atoms with Crippen molar-refractivity contribution in [2.75, 3.05) is 4.90 Å². The van der Waals surface area contributed by atoms with Crippen LogP contribution in [0.2, 0.25) is 0 Å². The number of fused-ring (bicyclic) bond motifs is 5. The molecule has 2 heterocycles. The minimum Gasteiger partial charge on any atom is -0.456 e. The first-order valence-electron chi connectivity index (χ1n) is 15.5. The van der Waals surface area contributed by atoms with Crippen molar-refractivity contribution in [1.82, 2.24) is 4.98 Å². The molecule has 0 atom stereocenters. The SMILES string of the molecule is c1ccc(-c2ccc(N(c3ccc4c(c3)oc3cc5cccnc5cc34)c3ccccc3-c3cccc4ccccc34)cc2)cc1. The first-order valence-corrected chi connectivity index (χ1v) is 15.5. The van der Waals surface area contributed by atoms with Crippen LogP contribution < -0.4 is 4.90 Å². The van der Waals surface area contributed by atoms with Crippen molar-refractivity contribution in [3.05, 3.63) is 170 Å². The zero-order chi connectivity index (χ0) is 30.5. The average Bonchev–Trinajstić information content (AvgIpc) is 3.48. The molecule has 0 aliphatic carbocycles. The Hall–Kier alpha value is -6.19. The number of hydrogen-bond acceptors (Lipinski definition) is 3. The molecule has 0 bridgehead atoms. The van der Waals surface area contributed by atoms with E-state index < -0.39 is 0 Å². The van der Waals surface area contributed by atoms with Crippen molar-refractivity contribution in [1.29, 1.82) is 0 Å². The van der Waals surface area contributed by atoms with Crippen molar-refractivity contribution in [2.24, 2.45) is 0 Å². The van der Waals surface area contributed by atoms with E-state index in [1.807, 2.05) is 12.3 Å². The number of benzene rings is 7. The van der Waals surface area contributed by atoms with Gasteiger partial charge in [-0.05, 0) is 76.0 Å². The molecule has 0 spiro atoms. The van der Waals surface area contributed by atoms with Crippen LogP contribution in [0.4, 0.5) is 17.1 Å². The lowest BCUT2D eigenvalue weighted by atomic mass is 9.96. The van der Waals surface area contributed by atoms with E-state index in [0.717, 1.165) is 55.5 Å². The Bertz CT molecular complexity index is 2530. The lowest BCUT2D eigenvalue weighted by Gasteiger charge is -2.28. The second kappa shape index (κ2) is 10.8. The van der Waals surface area contributed by atoms with Gasteiger partial charge in [-0.25, -0.2) is 0 Å². The number of aromatic nitrogens is 1. The van der Waals surface area contributed by atoms with Crippen LogP contribution in [0, 0.1) is 0 Å². The summed E-state index contributed by atoms with van der Waals surface area (Å²) in [6, 6.07) is 58.0. The van der Waals surface area contributed by atoms with Crippen LogP contribution in [0.5, 0.6) is 0 Å². The fourth-order valence-electron chi connectivity index (χ4n) is 6.69. The van der Waals surface area contributed by atoms with Gasteiger partial charge in [0.2, 0.25) is 0 Å². The van der Waals surface area contributed by atoms with Crippen LogP contribution in [-0.4, -0.2) is 4.98 Å². The van der Waals surface area contributed by atoms with E-state index in [1.165, 1.54) is 27.5 Å². The number of furan rings is 1. The molecule has 46 heavy (non-hydrogen) atoms. The fourth-order valence-corrected chi connectivity index (χ4v) is 6.69. The van der Waals surface area contributed by atoms with E-state index in [9.17, 15) is 0 Å². The largest absolute Gasteiger partial charge is 0.456 e. The Morgan fingerprint density at radius 2 is 1.13 bits per heavy atom. The highest BCUT2D eigenvalue weighted by Gasteiger charge is 2.20. The van der Waals surface area contributed by atoms with Gasteiger partial charge >= 0.3 is 0 Å². The number of pyridine rings is 1. The van der Waals surface area contributed by atoms with Crippen molar-refractivity contribution >= 4 is 60.7 Å². The van der Waals surface area contributed by atoms with Crippen LogP contribution in [0.15, 0.2) is 174 Å². The van der Waals surface area contributed by atoms with E-state index >= 15 is 0 Å². The van der Waals surface area contributed by atoms with Crippen LogP contribution in [-0.2, 0) is 0 Å². The van der Waals surface area contributed by atoms with Gasteiger partial charge in [0, 0.05) is 45.4 Å². The molecule has 9 rings (SSSR count). The number of para-hydroxylation sites is 1. The highest BCUT2D eigenvalue weighted by molar-refractivity contribution is 6.10. The molecule has 0 aliphatic rings. The minimum atomic E-state index is 0.844. The van der Waals surface area contributed by atoms with E-state index in [-0.39, 0.29) is 0 Å². The first-order chi connectivity index (χ1) is 22.8. The topological polar surface area (TPSA) is 29.3 Å². The smallest absolute Gasteiger partial charge is 0.137 e. The third kappa shape index (κ3) is 4.41. The second-order valence-corrected chi connectivity index (χ2v) is 11.6. The van der Waals surface area contributed by atoms with Crippen molar-refractivity contribution in [3.8, 4) is 22.3 Å². The van der Waals surface area contributed by atoms with Gasteiger partial charge in [-0.1, -0.05) is 109 Å². The zero-order valence-corrected chi connectivity index (χ0v) is 25.0. The van der Waals surface area contributed by atoms with Crippen molar-refractivity contribution in [2.45, 2.75) is 0 Å². The zero-order valence-electron chi connectivity index (χ0n) is 25.0. The summed E-state index contributed by atoms with van der Waals surface area (Å²) in [5.74, 6) is 0. The molecule has 0 saturated carbocycles. The lowest BCUT2D eigenvalue weighted by Crippen LogP contribution is -2.11. The standard InChI is InChI=1S/C43H28N2O/c1-2-10-29(11-3-1)30-19-21-33(22-20-30)45(41-18-7-6-16-37(41)36-17-8-13-31-12-4-5-15-35(31)36)34-23-24-38-39-28-40-32(14-9-25-44-40)26-42(39)46-43(38)27-34/h1-28H. The summed E-state index contributed by atoms with van der Waals surface area (Å²) in [4.78, 5) is 6.93. The third-order valence-corrected chi connectivity index (χ3v) is 8.90. The van der Waals surface area contributed by atoms with Gasteiger partial charge < -0.3 is 9.32 Å². The van der Waals surface area contributed by atoms with E-state index in [1.54, 1.807) is 0 Å². The molecule has 0 radical (unpaired) electrons. The van der Waals surface area contributed by atoms with Gasteiger partial charge in [-0.2, -0.15) is 0 Å². The summed E-state index contributed by atoms with van der Waals surface area (Å²) in [5, 5.41) is 5.67. The van der Waals surface area contributed by atoms with Crippen LogP contribution in [0.3, 0.4) is 0 Å². The molecule has 0 N–H and O–H groups in total. The van der Waals surface area contributed by atoms with Crippen molar-refractivity contribution < 1.29 is 4.42 Å². The second-order valence-electron chi connectivity index (χ2n) is 11.6. The maximum atomic E-state index is 6.52. The summed E-state index contributed by atoms with van der Waals surface area (Å²) in [6.45, 7) is 0. The molecule has 0 amide bonds. The summed E-state index contributed by atoms with van der Waals surface area (Å²) >= 11 is 0. The molecule has 0 fully saturated rings. The Balaban J connectivity index is 1.26. The average molecular weight is 589 g/mol. The van der Waals surface area contributed by atoms with Gasteiger partial charge in [0.1, 0.15) is 11.2 Å². The predicted octanol–water partition coefficient (Wildman–Crippen LogP) is 12.1. The normalized spacial score (nSPS) is 11.5. The monoisotopic (exact) mass is 588 g/mol. The number of anilines is 3. The summed E-state index contributed by atoms with van der Waals surface area (Å²) < 4.78 is 6.52.